The Morgan fingerprint density at radius 2 is 2.07 bits per heavy atom. The molecule has 1 aromatic rings. The van der Waals surface area contributed by atoms with Gasteiger partial charge in [-0.3, -0.25) is 4.98 Å². The first-order chi connectivity index (χ1) is 6.92. The third-order valence-electron chi connectivity index (χ3n) is 3.07. The van der Waals surface area contributed by atoms with Gasteiger partial charge in [0.05, 0.1) is 17.6 Å². The maximum atomic E-state index is 5.66. The van der Waals surface area contributed by atoms with E-state index in [9.17, 15) is 0 Å². The first-order valence-electron chi connectivity index (χ1n) is 5.36. The van der Waals surface area contributed by atoms with Crippen molar-refractivity contribution in [3.05, 3.63) is 18.5 Å². The van der Waals surface area contributed by atoms with Crippen molar-refractivity contribution in [1.82, 2.24) is 4.98 Å². The molecule has 0 spiro atoms. The molecular weight excluding hydrogens is 186 g/mol. The van der Waals surface area contributed by atoms with Crippen LogP contribution in [-0.4, -0.2) is 11.5 Å². The minimum absolute atomic E-state index is 0.268. The predicted molar refractivity (Wildman–Crippen MR) is 65.8 cm³/mol. The molecule has 0 bridgehead atoms. The molecule has 1 heterocycles. The molecule has 1 rings (SSSR count). The van der Waals surface area contributed by atoms with Gasteiger partial charge < -0.3 is 11.1 Å². The second kappa shape index (κ2) is 4.51. The summed E-state index contributed by atoms with van der Waals surface area (Å²) in [6.45, 7) is 9.91. The summed E-state index contributed by atoms with van der Waals surface area (Å²) >= 11 is 0. The monoisotopic (exact) mass is 207 g/mol. The molecular formula is C12H21N3. The number of hydrogen-bond donors (Lipinski definition) is 2. The lowest BCUT2D eigenvalue weighted by Crippen LogP contribution is -2.28. The number of nitrogens with two attached hydrogens (primary N) is 1. The second-order valence-electron chi connectivity index (χ2n) is 5.00. The summed E-state index contributed by atoms with van der Waals surface area (Å²) in [6.07, 6.45) is 3.45. The van der Waals surface area contributed by atoms with Crippen LogP contribution >= 0.6 is 0 Å². The number of rotatable bonds is 4. The van der Waals surface area contributed by atoms with E-state index >= 15 is 0 Å². The number of hydrogen-bond acceptors (Lipinski definition) is 3. The van der Waals surface area contributed by atoms with E-state index in [2.05, 4.69) is 38.0 Å². The normalized spacial score (nSPS) is 11.8. The van der Waals surface area contributed by atoms with Crippen molar-refractivity contribution in [1.29, 1.82) is 0 Å². The van der Waals surface area contributed by atoms with Gasteiger partial charge in [-0.2, -0.15) is 0 Å². The Labute approximate surface area is 92.1 Å². The minimum Gasteiger partial charge on any atom is -0.397 e. The number of nitrogens with one attached hydrogen (secondary N) is 1. The number of pyridine rings is 1. The van der Waals surface area contributed by atoms with E-state index in [4.69, 9.17) is 5.73 Å². The molecule has 0 atom stereocenters. The maximum Gasteiger partial charge on any atom is 0.0547 e. The van der Waals surface area contributed by atoms with Gasteiger partial charge in [-0.25, -0.2) is 0 Å². The highest BCUT2D eigenvalue weighted by Crippen LogP contribution is 2.26. The van der Waals surface area contributed by atoms with Crippen LogP contribution in [0.5, 0.6) is 0 Å². The van der Waals surface area contributed by atoms with E-state index in [0.717, 1.165) is 12.2 Å². The minimum atomic E-state index is 0.268. The molecule has 84 valence electrons. The molecule has 0 aliphatic heterocycles. The lowest BCUT2D eigenvalue weighted by molar-refractivity contribution is 0.269. The van der Waals surface area contributed by atoms with Crippen molar-refractivity contribution in [3.8, 4) is 0 Å². The Hall–Kier alpha value is -1.25. The van der Waals surface area contributed by atoms with Crippen LogP contribution in [0, 0.1) is 11.3 Å². The van der Waals surface area contributed by atoms with Crippen LogP contribution in [0.4, 0.5) is 11.4 Å². The third kappa shape index (κ3) is 3.42. The van der Waals surface area contributed by atoms with Crippen LogP contribution in [0.25, 0.3) is 0 Å². The zero-order chi connectivity index (χ0) is 11.5. The van der Waals surface area contributed by atoms with Gasteiger partial charge in [-0.05, 0) is 17.4 Å². The summed E-state index contributed by atoms with van der Waals surface area (Å²) < 4.78 is 0. The van der Waals surface area contributed by atoms with Crippen LogP contribution in [0.1, 0.15) is 27.7 Å². The van der Waals surface area contributed by atoms with E-state index in [1.165, 1.54) is 0 Å². The van der Waals surface area contributed by atoms with Crippen molar-refractivity contribution in [2.75, 3.05) is 17.6 Å². The third-order valence-corrected chi connectivity index (χ3v) is 3.07. The quantitative estimate of drug-likeness (QED) is 0.798. The Balaban J connectivity index is 2.57. The number of nitrogen functional groups attached to an aromatic ring is 1. The summed E-state index contributed by atoms with van der Waals surface area (Å²) in [5, 5.41) is 3.36. The maximum absolute atomic E-state index is 5.66. The summed E-state index contributed by atoms with van der Waals surface area (Å²) in [5.41, 5.74) is 7.61. The van der Waals surface area contributed by atoms with Crippen LogP contribution < -0.4 is 11.1 Å². The van der Waals surface area contributed by atoms with Gasteiger partial charge in [0.15, 0.2) is 0 Å². The molecule has 0 fully saturated rings. The standard InChI is InChI=1S/C12H21N3/c1-9(2)12(3,4)8-15-11-5-10(13)6-14-7-11/h5-7,9,15H,8,13H2,1-4H3. The van der Waals surface area contributed by atoms with Gasteiger partial charge in [-0.1, -0.05) is 27.7 Å². The van der Waals surface area contributed by atoms with E-state index in [-0.39, 0.29) is 5.41 Å². The topological polar surface area (TPSA) is 50.9 Å². The first-order valence-corrected chi connectivity index (χ1v) is 5.36. The van der Waals surface area contributed by atoms with Crippen LogP contribution in [-0.2, 0) is 0 Å². The van der Waals surface area contributed by atoms with Crippen LogP contribution in [0.2, 0.25) is 0 Å². The Morgan fingerprint density at radius 1 is 1.40 bits per heavy atom. The summed E-state index contributed by atoms with van der Waals surface area (Å²) in [7, 11) is 0. The summed E-state index contributed by atoms with van der Waals surface area (Å²) in [6, 6.07) is 1.91. The zero-order valence-electron chi connectivity index (χ0n) is 10.0. The zero-order valence-corrected chi connectivity index (χ0v) is 10.0. The Bertz CT molecular complexity index is 318. The van der Waals surface area contributed by atoms with E-state index in [1.807, 2.05) is 6.07 Å². The van der Waals surface area contributed by atoms with Crippen LogP contribution in [0.15, 0.2) is 18.5 Å². The summed E-state index contributed by atoms with van der Waals surface area (Å²) in [5.74, 6) is 0.638. The molecule has 3 heteroatoms. The molecule has 0 radical (unpaired) electrons. The van der Waals surface area contributed by atoms with Gasteiger partial charge >= 0.3 is 0 Å². The Morgan fingerprint density at radius 3 is 2.60 bits per heavy atom. The van der Waals surface area contributed by atoms with Crippen molar-refractivity contribution >= 4 is 11.4 Å². The fourth-order valence-electron chi connectivity index (χ4n) is 1.09. The summed E-state index contributed by atoms with van der Waals surface area (Å²) in [4.78, 5) is 4.04. The van der Waals surface area contributed by atoms with E-state index < -0.39 is 0 Å². The highest BCUT2D eigenvalue weighted by atomic mass is 14.9. The molecule has 0 aromatic carbocycles. The number of aromatic nitrogens is 1. The Kier molecular flexibility index (Phi) is 3.56. The van der Waals surface area contributed by atoms with Gasteiger partial charge in [0, 0.05) is 12.7 Å². The van der Waals surface area contributed by atoms with Crippen molar-refractivity contribution < 1.29 is 0 Å². The highest BCUT2D eigenvalue weighted by Gasteiger charge is 2.21. The van der Waals surface area contributed by atoms with Gasteiger partial charge in [0.25, 0.3) is 0 Å². The van der Waals surface area contributed by atoms with Gasteiger partial charge in [-0.15, -0.1) is 0 Å². The van der Waals surface area contributed by atoms with Crippen molar-refractivity contribution in [3.63, 3.8) is 0 Å². The van der Waals surface area contributed by atoms with Crippen molar-refractivity contribution in [2.45, 2.75) is 27.7 Å². The van der Waals surface area contributed by atoms with Gasteiger partial charge in [0.2, 0.25) is 0 Å². The number of nitrogens with zero attached hydrogens (tertiary/aromatic N) is 1. The smallest absolute Gasteiger partial charge is 0.0547 e. The molecule has 3 nitrogen and oxygen atoms in total. The molecule has 0 saturated heterocycles. The predicted octanol–water partition coefficient (Wildman–Crippen LogP) is 2.76. The molecule has 0 saturated carbocycles. The average Bonchev–Trinajstić information content (AvgIpc) is 2.15. The number of anilines is 2. The highest BCUT2D eigenvalue weighted by molar-refractivity contribution is 5.51. The fraction of sp³-hybridized carbons (Fsp3) is 0.583. The van der Waals surface area contributed by atoms with E-state index in [1.54, 1.807) is 12.4 Å². The van der Waals surface area contributed by atoms with Gasteiger partial charge in [0.1, 0.15) is 0 Å². The second-order valence-corrected chi connectivity index (χ2v) is 5.00. The molecule has 0 aliphatic carbocycles. The van der Waals surface area contributed by atoms with Crippen LogP contribution in [0.3, 0.4) is 0 Å². The van der Waals surface area contributed by atoms with Crippen molar-refractivity contribution in [2.24, 2.45) is 11.3 Å². The lowest BCUT2D eigenvalue weighted by Gasteiger charge is -2.29. The first kappa shape index (κ1) is 11.8. The SMILES string of the molecule is CC(C)C(C)(C)CNc1cncc(N)c1. The molecule has 0 unspecified atom stereocenters. The fourth-order valence-corrected chi connectivity index (χ4v) is 1.09. The lowest BCUT2D eigenvalue weighted by atomic mass is 9.81. The molecule has 1 aromatic heterocycles. The largest absolute Gasteiger partial charge is 0.397 e. The molecule has 0 aliphatic rings. The van der Waals surface area contributed by atoms with E-state index in [0.29, 0.717) is 11.6 Å². The average molecular weight is 207 g/mol. The molecule has 3 N–H and O–H groups in total. The molecule has 0 amide bonds. The molecule has 15 heavy (non-hydrogen) atoms.